The first-order chi connectivity index (χ1) is 10.5. The second kappa shape index (κ2) is 7.58. The summed E-state index contributed by atoms with van der Waals surface area (Å²) in [6.45, 7) is 10.9. The van der Waals surface area contributed by atoms with Crippen molar-refractivity contribution < 1.29 is 9.18 Å². The minimum Gasteiger partial charge on any atom is -0.334 e. The molecule has 1 heterocycles. The van der Waals surface area contributed by atoms with E-state index in [0.29, 0.717) is 18.0 Å². The second-order valence-corrected chi connectivity index (χ2v) is 6.42. The van der Waals surface area contributed by atoms with Crippen molar-refractivity contribution in [2.45, 2.75) is 27.3 Å². The van der Waals surface area contributed by atoms with E-state index in [4.69, 9.17) is 0 Å². The highest BCUT2D eigenvalue weighted by atomic mass is 19.1. The number of benzene rings is 1. The number of piperazine rings is 1. The maximum Gasteiger partial charge on any atom is 0.317 e. The van der Waals surface area contributed by atoms with E-state index in [1.54, 1.807) is 13.0 Å². The zero-order valence-electron chi connectivity index (χ0n) is 13.7. The molecule has 122 valence electrons. The first kappa shape index (κ1) is 16.7. The Balaban J connectivity index is 1.77. The molecule has 1 aromatic rings. The molecule has 0 aliphatic carbocycles. The molecule has 0 aromatic heterocycles. The number of urea groups is 1. The van der Waals surface area contributed by atoms with Gasteiger partial charge in [0.1, 0.15) is 5.82 Å². The summed E-state index contributed by atoms with van der Waals surface area (Å²) in [6, 6.07) is 5.00. The maximum absolute atomic E-state index is 13.5. The minimum absolute atomic E-state index is 0.0646. The van der Waals surface area contributed by atoms with Gasteiger partial charge in [0.05, 0.1) is 0 Å². The third kappa shape index (κ3) is 4.70. The van der Waals surface area contributed by atoms with E-state index >= 15 is 0 Å². The summed E-state index contributed by atoms with van der Waals surface area (Å²) in [6.07, 6.45) is 0. The Labute approximate surface area is 132 Å². The molecule has 2 amide bonds. The lowest BCUT2D eigenvalue weighted by Crippen LogP contribution is -2.52. The fourth-order valence-corrected chi connectivity index (χ4v) is 2.69. The van der Waals surface area contributed by atoms with Gasteiger partial charge in [0.2, 0.25) is 0 Å². The van der Waals surface area contributed by atoms with Gasteiger partial charge < -0.3 is 10.2 Å². The van der Waals surface area contributed by atoms with Crippen LogP contribution < -0.4 is 5.32 Å². The topological polar surface area (TPSA) is 35.6 Å². The number of amides is 2. The zero-order chi connectivity index (χ0) is 16.1. The number of rotatable bonds is 4. The van der Waals surface area contributed by atoms with Crippen molar-refractivity contribution in [2.24, 2.45) is 5.92 Å². The second-order valence-electron chi connectivity index (χ2n) is 6.42. The van der Waals surface area contributed by atoms with Crippen LogP contribution in [0.3, 0.4) is 0 Å². The molecule has 1 aromatic carbocycles. The van der Waals surface area contributed by atoms with Gasteiger partial charge in [-0.15, -0.1) is 0 Å². The maximum atomic E-state index is 13.5. The number of carbonyl (C=O) groups excluding carboxylic acids is 1. The third-order valence-electron chi connectivity index (χ3n) is 3.96. The van der Waals surface area contributed by atoms with E-state index in [9.17, 15) is 9.18 Å². The van der Waals surface area contributed by atoms with Crippen LogP contribution in [0.2, 0.25) is 0 Å². The summed E-state index contributed by atoms with van der Waals surface area (Å²) in [5.41, 5.74) is 1.41. The Kier molecular flexibility index (Phi) is 5.77. The Morgan fingerprint density at radius 1 is 1.27 bits per heavy atom. The van der Waals surface area contributed by atoms with Gasteiger partial charge in [-0.1, -0.05) is 26.0 Å². The molecule has 0 atom stereocenters. The van der Waals surface area contributed by atoms with Gasteiger partial charge in [-0.2, -0.15) is 0 Å². The van der Waals surface area contributed by atoms with Crippen molar-refractivity contribution in [1.29, 1.82) is 0 Å². The van der Waals surface area contributed by atoms with E-state index < -0.39 is 0 Å². The fraction of sp³-hybridized carbons (Fsp3) is 0.588. The molecule has 1 aliphatic heterocycles. The molecule has 0 unspecified atom stereocenters. The van der Waals surface area contributed by atoms with Crippen molar-refractivity contribution in [3.8, 4) is 0 Å². The molecule has 1 fully saturated rings. The molecule has 0 radical (unpaired) electrons. The third-order valence-corrected chi connectivity index (χ3v) is 3.96. The summed E-state index contributed by atoms with van der Waals surface area (Å²) < 4.78 is 13.5. The standard InChI is InChI=1S/C17H26FN3O/c1-13(2)12-20-6-8-21(9-7-20)17(22)19-11-15-5-4-14(3)16(18)10-15/h4-5,10,13H,6-9,11-12H2,1-3H3,(H,19,22). The van der Waals surface area contributed by atoms with Gasteiger partial charge in [-0.3, -0.25) is 4.90 Å². The van der Waals surface area contributed by atoms with Crippen LogP contribution in [0.15, 0.2) is 18.2 Å². The van der Waals surface area contributed by atoms with Gasteiger partial charge in [-0.25, -0.2) is 9.18 Å². The number of hydrogen-bond donors (Lipinski definition) is 1. The zero-order valence-corrected chi connectivity index (χ0v) is 13.7. The largest absolute Gasteiger partial charge is 0.334 e. The average Bonchev–Trinajstić information content (AvgIpc) is 2.48. The van der Waals surface area contributed by atoms with Crippen LogP contribution in [-0.4, -0.2) is 48.6 Å². The number of halogens is 1. The summed E-state index contributed by atoms with van der Waals surface area (Å²) in [5.74, 6) is 0.422. The Hall–Kier alpha value is -1.62. The molecule has 4 nitrogen and oxygen atoms in total. The summed E-state index contributed by atoms with van der Waals surface area (Å²) >= 11 is 0. The van der Waals surface area contributed by atoms with Crippen LogP contribution in [0.1, 0.15) is 25.0 Å². The molecule has 0 saturated carbocycles. The van der Waals surface area contributed by atoms with E-state index in [1.165, 1.54) is 6.07 Å². The van der Waals surface area contributed by atoms with E-state index in [-0.39, 0.29) is 11.8 Å². The van der Waals surface area contributed by atoms with Gasteiger partial charge in [0.25, 0.3) is 0 Å². The van der Waals surface area contributed by atoms with Crippen LogP contribution in [0, 0.1) is 18.7 Å². The lowest BCUT2D eigenvalue weighted by Gasteiger charge is -2.35. The van der Waals surface area contributed by atoms with Crippen LogP contribution in [0.25, 0.3) is 0 Å². The number of nitrogens with zero attached hydrogens (tertiary/aromatic N) is 2. The molecule has 1 N–H and O–H groups in total. The van der Waals surface area contributed by atoms with E-state index in [1.807, 2.05) is 11.0 Å². The number of carbonyl (C=O) groups is 1. The Bertz CT molecular complexity index is 511. The molecule has 1 aliphatic rings. The van der Waals surface area contributed by atoms with Crippen molar-refractivity contribution in [3.63, 3.8) is 0 Å². The van der Waals surface area contributed by atoms with Crippen LogP contribution in [0.4, 0.5) is 9.18 Å². The first-order valence-electron chi connectivity index (χ1n) is 7.96. The Morgan fingerprint density at radius 2 is 1.95 bits per heavy atom. The highest BCUT2D eigenvalue weighted by Crippen LogP contribution is 2.10. The predicted molar refractivity (Wildman–Crippen MR) is 86.2 cm³/mol. The molecule has 1 saturated heterocycles. The predicted octanol–water partition coefficient (Wildman–Crippen LogP) is 2.62. The van der Waals surface area contributed by atoms with Crippen LogP contribution in [0.5, 0.6) is 0 Å². The fourth-order valence-electron chi connectivity index (χ4n) is 2.69. The van der Waals surface area contributed by atoms with Crippen LogP contribution >= 0.6 is 0 Å². The normalized spacial score (nSPS) is 16.1. The summed E-state index contributed by atoms with van der Waals surface area (Å²) in [5, 5.41) is 2.87. The molecular weight excluding hydrogens is 281 g/mol. The van der Waals surface area contributed by atoms with Crippen molar-refractivity contribution in [3.05, 3.63) is 35.1 Å². The van der Waals surface area contributed by atoms with Gasteiger partial charge >= 0.3 is 6.03 Å². The van der Waals surface area contributed by atoms with E-state index in [0.717, 1.165) is 38.3 Å². The van der Waals surface area contributed by atoms with Crippen LogP contribution in [-0.2, 0) is 6.54 Å². The lowest BCUT2D eigenvalue weighted by molar-refractivity contribution is 0.131. The minimum atomic E-state index is -0.228. The molecular formula is C17H26FN3O. The molecule has 22 heavy (non-hydrogen) atoms. The highest BCUT2D eigenvalue weighted by molar-refractivity contribution is 5.74. The van der Waals surface area contributed by atoms with Crippen molar-refractivity contribution in [2.75, 3.05) is 32.7 Å². The summed E-state index contributed by atoms with van der Waals surface area (Å²) in [4.78, 5) is 16.4. The quantitative estimate of drug-likeness (QED) is 0.928. The number of hydrogen-bond acceptors (Lipinski definition) is 2. The lowest BCUT2D eigenvalue weighted by atomic mass is 10.1. The SMILES string of the molecule is Cc1ccc(CNC(=O)N2CCN(CC(C)C)CC2)cc1F. The average molecular weight is 307 g/mol. The van der Waals surface area contributed by atoms with Gasteiger partial charge in [0.15, 0.2) is 0 Å². The number of nitrogens with one attached hydrogen (secondary N) is 1. The van der Waals surface area contributed by atoms with Gasteiger partial charge in [0, 0.05) is 39.3 Å². The monoisotopic (exact) mass is 307 g/mol. The summed E-state index contributed by atoms with van der Waals surface area (Å²) in [7, 11) is 0. The Morgan fingerprint density at radius 3 is 2.55 bits per heavy atom. The number of aryl methyl sites for hydroxylation is 1. The first-order valence-corrected chi connectivity index (χ1v) is 7.96. The molecule has 5 heteroatoms. The molecule has 0 spiro atoms. The van der Waals surface area contributed by atoms with Gasteiger partial charge in [-0.05, 0) is 30.0 Å². The van der Waals surface area contributed by atoms with Crippen molar-refractivity contribution >= 4 is 6.03 Å². The molecule has 0 bridgehead atoms. The highest BCUT2D eigenvalue weighted by Gasteiger charge is 2.21. The smallest absolute Gasteiger partial charge is 0.317 e. The van der Waals surface area contributed by atoms with E-state index in [2.05, 4.69) is 24.1 Å². The molecule has 2 rings (SSSR count). The van der Waals surface area contributed by atoms with Crippen molar-refractivity contribution in [1.82, 2.24) is 15.1 Å².